The Labute approximate surface area is 246 Å². The lowest BCUT2D eigenvalue weighted by atomic mass is 10.0. The Balaban J connectivity index is 1.90. The molecule has 1 unspecified atom stereocenters. The second kappa shape index (κ2) is 14.0. The Kier molecular flexibility index (Phi) is 11.0. The molecule has 1 aromatic heterocycles. The normalized spacial score (nSPS) is 14.0. The molecular formula is C27H33N4O7S3-. The molecule has 0 saturated heterocycles. The number of nitrogens with one attached hydrogen (secondary N) is 3. The molecule has 222 valence electrons. The quantitative estimate of drug-likeness (QED) is 0.259. The molecule has 0 fully saturated rings. The highest BCUT2D eigenvalue weighted by atomic mass is 32.2. The minimum absolute atomic E-state index is 0.202. The maximum atomic E-state index is 13.5. The fraction of sp³-hybridized carbons (Fsp3) is 0.370. The summed E-state index contributed by atoms with van der Waals surface area (Å²) < 4.78 is 53.5. The van der Waals surface area contributed by atoms with Crippen molar-refractivity contribution in [2.75, 3.05) is 11.8 Å². The van der Waals surface area contributed by atoms with Crippen molar-refractivity contribution < 1.29 is 31.5 Å². The smallest absolute Gasteiger partial charge is 0.407 e. The number of benzene rings is 2. The number of aromatic nitrogens is 1. The number of thiazole rings is 1. The van der Waals surface area contributed by atoms with E-state index in [-0.39, 0.29) is 18.6 Å². The van der Waals surface area contributed by atoms with Crippen molar-refractivity contribution >= 4 is 50.1 Å². The second-order valence-corrected chi connectivity index (χ2v) is 14.6. The van der Waals surface area contributed by atoms with E-state index in [4.69, 9.17) is 4.74 Å². The zero-order chi connectivity index (χ0) is 30.2. The minimum atomic E-state index is -3.48. The summed E-state index contributed by atoms with van der Waals surface area (Å²) in [5, 5.41) is 7.63. The highest BCUT2D eigenvalue weighted by molar-refractivity contribution is 7.92. The van der Waals surface area contributed by atoms with Crippen LogP contribution in [0.3, 0.4) is 0 Å². The van der Waals surface area contributed by atoms with Gasteiger partial charge in [-0.2, -0.15) is 0 Å². The molecule has 0 aliphatic rings. The van der Waals surface area contributed by atoms with Crippen molar-refractivity contribution in [3.05, 3.63) is 81.8 Å². The van der Waals surface area contributed by atoms with Crippen molar-refractivity contribution in [2.45, 2.75) is 56.2 Å². The van der Waals surface area contributed by atoms with Crippen LogP contribution in [0.2, 0.25) is 0 Å². The molecular weight excluding hydrogens is 589 g/mol. The third-order valence-corrected chi connectivity index (χ3v) is 10.1. The van der Waals surface area contributed by atoms with E-state index in [1.165, 1.54) is 18.4 Å². The maximum absolute atomic E-state index is 13.5. The number of carbonyl (C=O) groups excluding carboxylic acids is 2. The van der Waals surface area contributed by atoms with Crippen LogP contribution in [0.15, 0.2) is 60.0 Å². The third kappa shape index (κ3) is 9.63. The predicted octanol–water partition coefficient (Wildman–Crippen LogP) is 3.43. The van der Waals surface area contributed by atoms with Gasteiger partial charge in [0.2, 0.25) is 5.91 Å². The number of amides is 2. The van der Waals surface area contributed by atoms with Crippen LogP contribution < -0.4 is 15.4 Å². The molecule has 0 aliphatic carbocycles. The van der Waals surface area contributed by atoms with Gasteiger partial charge in [0.25, 0.3) is 0 Å². The first kappa shape index (κ1) is 32.2. The van der Waals surface area contributed by atoms with E-state index in [2.05, 4.69) is 20.3 Å². The molecule has 0 spiro atoms. The lowest BCUT2D eigenvalue weighted by Crippen LogP contribution is -2.49. The summed E-state index contributed by atoms with van der Waals surface area (Å²) >= 11 is -1.29. The zero-order valence-corrected chi connectivity index (χ0v) is 25.5. The van der Waals surface area contributed by atoms with Crippen LogP contribution in [0.4, 0.5) is 10.5 Å². The molecule has 3 atom stereocenters. The number of methoxy groups -OCH3 is 1. The first-order valence-electron chi connectivity index (χ1n) is 12.6. The maximum Gasteiger partial charge on any atom is 0.407 e. The van der Waals surface area contributed by atoms with Crippen LogP contribution in [0, 0.1) is 0 Å². The predicted molar refractivity (Wildman–Crippen MR) is 158 cm³/mol. The van der Waals surface area contributed by atoms with Crippen molar-refractivity contribution in [1.82, 2.24) is 15.6 Å². The van der Waals surface area contributed by atoms with Crippen LogP contribution in [-0.2, 0) is 49.2 Å². The average Bonchev–Trinajstić information content (AvgIpc) is 3.36. The van der Waals surface area contributed by atoms with Crippen LogP contribution in [0.5, 0.6) is 0 Å². The van der Waals surface area contributed by atoms with Gasteiger partial charge in [0.15, 0.2) is 9.84 Å². The van der Waals surface area contributed by atoms with Crippen molar-refractivity contribution in [3.63, 3.8) is 0 Å². The molecule has 2 aromatic carbocycles. The molecule has 14 heteroatoms. The van der Waals surface area contributed by atoms with Crippen LogP contribution in [0.1, 0.15) is 48.6 Å². The number of ether oxygens (including phenoxy) is 1. The Morgan fingerprint density at radius 2 is 1.66 bits per heavy atom. The zero-order valence-electron chi connectivity index (χ0n) is 23.1. The van der Waals surface area contributed by atoms with E-state index in [1.54, 1.807) is 50.4 Å². The van der Waals surface area contributed by atoms with Crippen molar-refractivity contribution in [3.8, 4) is 0 Å². The number of alkyl carbamates (subject to hydrolysis) is 1. The molecule has 1 heterocycles. The van der Waals surface area contributed by atoms with Gasteiger partial charge in [0, 0.05) is 28.8 Å². The van der Waals surface area contributed by atoms with Gasteiger partial charge in [-0.3, -0.25) is 9.00 Å². The monoisotopic (exact) mass is 621 g/mol. The van der Waals surface area contributed by atoms with E-state index < -0.39 is 49.9 Å². The van der Waals surface area contributed by atoms with Gasteiger partial charge in [-0.15, -0.1) is 11.3 Å². The van der Waals surface area contributed by atoms with Gasteiger partial charge in [-0.1, -0.05) is 42.5 Å². The Morgan fingerprint density at radius 3 is 2.24 bits per heavy atom. The number of rotatable bonds is 12. The summed E-state index contributed by atoms with van der Waals surface area (Å²) in [6.45, 7) is 4.88. The van der Waals surface area contributed by atoms with Crippen molar-refractivity contribution in [2.24, 2.45) is 0 Å². The Bertz CT molecular complexity index is 1450. The molecule has 3 aromatic rings. The van der Waals surface area contributed by atoms with Gasteiger partial charge in [0.1, 0.15) is 16.8 Å². The van der Waals surface area contributed by atoms with Crippen molar-refractivity contribution in [1.29, 1.82) is 0 Å². The van der Waals surface area contributed by atoms with Crippen LogP contribution in [0.25, 0.3) is 0 Å². The molecule has 0 saturated carbocycles. The van der Waals surface area contributed by atoms with Gasteiger partial charge >= 0.3 is 6.09 Å². The number of anilines is 1. The molecule has 0 radical (unpaired) electrons. The van der Waals surface area contributed by atoms with E-state index >= 15 is 0 Å². The fourth-order valence-corrected chi connectivity index (χ4v) is 6.25. The molecule has 41 heavy (non-hydrogen) atoms. The summed E-state index contributed by atoms with van der Waals surface area (Å²) in [7, 11) is -2.28. The standard InChI is InChI=1S/C27H34N4O7S3/c1-27(2,3)41(36,37)17-24-28-23(16-39-24)21(14-19-10-12-20(13-11-19)31-40(34)35)29-25(32)22(30-26(33)38-4)15-18-8-6-5-7-9-18/h5-13,16,21-22,31H,14-15,17H2,1-4H3,(H,29,32)(H,30,33)(H,34,35)/p-1/t21-,22-/m0/s1. The van der Waals surface area contributed by atoms with Gasteiger partial charge < -0.3 is 24.6 Å². The number of carbonyl (C=O) groups is 2. The lowest BCUT2D eigenvalue weighted by Gasteiger charge is -2.23. The van der Waals surface area contributed by atoms with Gasteiger partial charge in [-0.05, 0) is 50.5 Å². The highest BCUT2D eigenvalue weighted by Crippen LogP contribution is 2.26. The third-order valence-electron chi connectivity index (χ3n) is 6.16. The summed E-state index contributed by atoms with van der Waals surface area (Å²) in [5.74, 6) is -0.726. The molecule has 0 bridgehead atoms. The van der Waals surface area contributed by atoms with E-state index in [1.807, 2.05) is 30.3 Å². The topological polar surface area (TPSA) is 167 Å². The molecule has 11 nitrogen and oxygen atoms in total. The van der Waals surface area contributed by atoms with Gasteiger partial charge in [0.05, 0.1) is 23.6 Å². The molecule has 2 amide bonds. The minimum Gasteiger partial charge on any atom is -0.755 e. The van der Waals surface area contributed by atoms with Gasteiger partial charge in [-0.25, -0.2) is 18.2 Å². The first-order valence-corrected chi connectivity index (χ1v) is 16.2. The summed E-state index contributed by atoms with van der Waals surface area (Å²) in [6, 6.07) is 14.1. The van der Waals surface area contributed by atoms with E-state index in [0.717, 1.165) is 11.1 Å². The summed E-state index contributed by atoms with van der Waals surface area (Å²) in [5.41, 5.74) is 2.41. The second-order valence-electron chi connectivity index (χ2n) is 10.2. The number of hydrogen-bond acceptors (Lipinski definition) is 9. The summed E-state index contributed by atoms with van der Waals surface area (Å²) in [6.07, 6.45) is -0.300. The SMILES string of the molecule is COC(=O)N[C@@H](Cc1ccccc1)C(=O)N[C@@H](Cc1ccc(NS(=O)[O-])cc1)c1csc(CS(=O)(=O)C(C)(C)C)n1. The van der Waals surface area contributed by atoms with Crippen LogP contribution in [-0.4, -0.2) is 52.1 Å². The number of sulfone groups is 1. The molecule has 3 rings (SSSR count). The average molecular weight is 622 g/mol. The fourth-order valence-electron chi connectivity index (χ4n) is 3.73. The largest absolute Gasteiger partial charge is 0.755 e. The van der Waals surface area contributed by atoms with Crippen LogP contribution >= 0.6 is 11.3 Å². The van der Waals surface area contributed by atoms with E-state index in [0.29, 0.717) is 16.4 Å². The molecule has 3 N–H and O–H groups in total. The first-order chi connectivity index (χ1) is 19.3. The Morgan fingerprint density at radius 1 is 1.02 bits per heavy atom. The highest BCUT2D eigenvalue weighted by Gasteiger charge is 2.31. The Hall–Kier alpha value is -3.33. The number of nitrogens with zero attached hydrogens (tertiary/aromatic N) is 1. The number of hydrogen-bond donors (Lipinski definition) is 3. The van der Waals surface area contributed by atoms with E-state index in [9.17, 15) is 26.8 Å². The summed E-state index contributed by atoms with van der Waals surface area (Å²) in [4.78, 5) is 30.1. The molecule has 0 aliphatic heterocycles. The lowest BCUT2D eigenvalue weighted by molar-refractivity contribution is -0.123.